The van der Waals surface area contributed by atoms with Crippen molar-refractivity contribution in [1.29, 1.82) is 0 Å². The van der Waals surface area contributed by atoms with Crippen LogP contribution in [0.3, 0.4) is 0 Å². The van der Waals surface area contributed by atoms with Crippen molar-refractivity contribution < 1.29 is 9.90 Å². The lowest BCUT2D eigenvalue weighted by atomic mass is 10.1. The van der Waals surface area contributed by atoms with Gasteiger partial charge < -0.3 is 15.2 Å². The first-order valence-electron chi connectivity index (χ1n) is 5.20. The van der Waals surface area contributed by atoms with Gasteiger partial charge in [0.1, 0.15) is 0 Å². The van der Waals surface area contributed by atoms with Gasteiger partial charge in [0, 0.05) is 11.4 Å². The lowest BCUT2D eigenvalue weighted by molar-refractivity contribution is -0.307. The third-order valence-corrected chi connectivity index (χ3v) is 2.19. The van der Waals surface area contributed by atoms with E-state index in [9.17, 15) is 9.90 Å². The van der Waals surface area contributed by atoms with E-state index in [-0.39, 0.29) is 5.92 Å². The van der Waals surface area contributed by atoms with Gasteiger partial charge >= 0.3 is 0 Å². The number of nitrogens with zero attached hydrogens (tertiary/aromatic N) is 2. The van der Waals surface area contributed by atoms with Gasteiger partial charge in [-0.05, 0) is 25.8 Å². The normalized spacial score (nSPS) is 12.6. The molecule has 5 nitrogen and oxygen atoms in total. The van der Waals surface area contributed by atoms with Crippen molar-refractivity contribution in [1.82, 2.24) is 9.97 Å². The number of hydrogen-bond acceptors (Lipinski definition) is 5. The number of hydrogen-bond donors (Lipinski definition) is 1. The summed E-state index contributed by atoms with van der Waals surface area (Å²) in [5.74, 6) is -0.896. The molecular weight excluding hydrogens is 206 g/mol. The molecule has 0 aliphatic rings. The molecule has 1 aromatic heterocycles. The Kier molecular flexibility index (Phi) is 3.82. The molecule has 0 fully saturated rings. The van der Waals surface area contributed by atoms with E-state index in [0.717, 1.165) is 11.4 Å². The highest BCUT2D eigenvalue weighted by molar-refractivity contribution is 5.74. The molecule has 0 spiro atoms. The summed E-state index contributed by atoms with van der Waals surface area (Å²) < 4.78 is 0. The van der Waals surface area contributed by atoms with Crippen LogP contribution in [0.4, 0.5) is 5.95 Å². The molecule has 1 aromatic rings. The maximum absolute atomic E-state index is 10.9. The number of aryl methyl sites for hydroxylation is 2. The summed E-state index contributed by atoms with van der Waals surface area (Å²) in [5, 5.41) is 13.7. The molecule has 0 bridgehead atoms. The van der Waals surface area contributed by atoms with Gasteiger partial charge in [-0.3, -0.25) is 0 Å². The van der Waals surface area contributed by atoms with Crippen LogP contribution in [0.2, 0.25) is 0 Å². The molecule has 0 unspecified atom stereocenters. The SMILES string of the molecule is Cc1cc(C)nc(N[C@H](C(=O)[O-])C(C)C)n1. The first-order valence-corrected chi connectivity index (χ1v) is 5.20. The van der Waals surface area contributed by atoms with Crippen molar-refractivity contribution in [3.63, 3.8) is 0 Å². The van der Waals surface area contributed by atoms with E-state index < -0.39 is 12.0 Å². The van der Waals surface area contributed by atoms with Gasteiger partial charge in [-0.2, -0.15) is 0 Å². The fourth-order valence-corrected chi connectivity index (χ4v) is 1.43. The number of carboxylic acids is 1. The Labute approximate surface area is 94.9 Å². The summed E-state index contributed by atoms with van der Waals surface area (Å²) in [6.45, 7) is 7.28. The van der Waals surface area contributed by atoms with Gasteiger partial charge in [0.25, 0.3) is 0 Å². The second kappa shape index (κ2) is 4.92. The van der Waals surface area contributed by atoms with Crippen molar-refractivity contribution >= 4 is 11.9 Å². The number of aromatic nitrogens is 2. The molecule has 16 heavy (non-hydrogen) atoms. The smallest absolute Gasteiger partial charge is 0.223 e. The predicted octanol–water partition coefficient (Wildman–Crippen LogP) is 0.280. The molecule has 1 rings (SSSR count). The summed E-state index contributed by atoms with van der Waals surface area (Å²) >= 11 is 0. The highest BCUT2D eigenvalue weighted by Crippen LogP contribution is 2.09. The Bertz CT molecular complexity index is 371. The summed E-state index contributed by atoms with van der Waals surface area (Å²) in [6.07, 6.45) is 0. The first-order chi connectivity index (χ1) is 7.40. The fraction of sp³-hybridized carbons (Fsp3) is 0.545. The van der Waals surface area contributed by atoms with Crippen LogP contribution in [0.15, 0.2) is 6.07 Å². The van der Waals surface area contributed by atoms with Crippen LogP contribution >= 0.6 is 0 Å². The highest BCUT2D eigenvalue weighted by atomic mass is 16.4. The predicted molar refractivity (Wildman–Crippen MR) is 58.8 cm³/mol. The van der Waals surface area contributed by atoms with Crippen molar-refractivity contribution in [3.05, 3.63) is 17.5 Å². The fourth-order valence-electron chi connectivity index (χ4n) is 1.43. The number of carboxylic acid groups (broad SMARTS) is 1. The Morgan fingerprint density at radius 1 is 1.31 bits per heavy atom. The Morgan fingerprint density at radius 3 is 2.19 bits per heavy atom. The quantitative estimate of drug-likeness (QED) is 0.791. The van der Waals surface area contributed by atoms with E-state index in [1.54, 1.807) is 13.8 Å². The van der Waals surface area contributed by atoms with Gasteiger partial charge in [0.05, 0.1) is 12.0 Å². The molecule has 0 aliphatic carbocycles. The van der Waals surface area contributed by atoms with Crippen molar-refractivity contribution in [2.45, 2.75) is 33.7 Å². The van der Waals surface area contributed by atoms with Crippen LogP contribution < -0.4 is 10.4 Å². The van der Waals surface area contributed by atoms with E-state index in [2.05, 4.69) is 15.3 Å². The zero-order valence-corrected chi connectivity index (χ0v) is 9.94. The Balaban J connectivity index is 2.89. The summed E-state index contributed by atoms with van der Waals surface area (Å²) in [6, 6.07) is 1.05. The summed E-state index contributed by atoms with van der Waals surface area (Å²) in [5.41, 5.74) is 1.60. The average Bonchev–Trinajstić information content (AvgIpc) is 2.11. The summed E-state index contributed by atoms with van der Waals surface area (Å²) in [4.78, 5) is 19.1. The minimum atomic E-state index is -1.14. The molecule has 0 saturated carbocycles. The first kappa shape index (κ1) is 12.4. The second-order valence-corrected chi connectivity index (χ2v) is 4.16. The van der Waals surface area contributed by atoms with E-state index in [4.69, 9.17) is 0 Å². The molecule has 0 aromatic carbocycles. The average molecular weight is 222 g/mol. The number of anilines is 1. The lowest BCUT2D eigenvalue weighted by Crippen LogP contribution is -2.44. The third-order valence-electron chi connectivity index (χ3n) is 2.19. The van der Waals surface area contributed by atoms with Crippen LogP contribution in [0.25, 0.3) is 0 Å². The number of carbonyl (C=O) groups excluding carboxylic acids is 1. The highest BCUT2D eigenvalue weighted by Gasteiger charge is 2.15. The molecule has 0 saturated heterocycles. The third kappa shape index (κ3) is 3.18. The molecule has 5 heteroatoms. The molecule has 1 N–H and O–H groups in total. The van der Waals surface area contributed by atoms with Gasteiger partial charge in [-0.15, -0.1) is 0 Å². The minimum absolute atomic E-state index is 0.0885. The van der Waals surface area contributed by atoms with E-state index >= 15 is 0 Å². The van der Waals surface area contributed by atoms with Gasteiger partial charge in [0.2, 0.25) is 5.95 Å². The van der Waals surface area contributed by atoms with Crippen LogP contribution in [-0.2, 0) is 4.79 Å². The molecule has 1 heterocycles. The van der Waals surface area contributed by atoms with Crippen LogP contribution in [-0.4, -0.2) is 22.0 Å². The molecule has 0 amide bonds. The number of aliphatic carboxylic acids is 1. The number of carbonyl (C=O) groups is 1. The van der Waals surface area contributed by atoms with Crippen LogP contribution in [0.5, 0.6) is 0 Å². The maximum atomic E-state index is 10.9. The maximum Gasteiger partial charge on any atom is 0.223 e. The molecule has 1 atom stereocenters. The van der Waals surface area contributed by atoms with Gasteiger partial charge in [-0.1, -0.05) is 13.8 Å². The Hall–Kier alpha value is -1.65. The molecule has 88 valence electrons. The van der Waals surface area contributed by atoms with Crippen molar-refractivity contribution in [3.8, 4) is 0 Å². The zero-order valence-electron chi connectivity index (χ0n) is 9.94. The van der Waals surface area contributed by atoms with Gasteiger partial charge in [0.15, 0.2) is 0 Å². The Morgan fingerprint density at radius 2 is 1.81 bits per heavy atom. The van der Waals surface area contributed by atoms with Crippen LogP contribution in [0, 0.1) is 19.8 Å². The lowest BCUT2D eigenvalue weighted by Gasteiger charge is -2.23. The zero-order chi connectivity index (χ0) is 12.3. The molecular formula is C11H16N3O2-. The van der Waals surface area contributed by atoms with Crippen molar-refractivity contribution in [2.24, 2.45) is 5.92 Å². The topological polar surface area (TPSA) is 77.9 Å². The van der Waals surface area contributed by atoms with Gasteiger partial charge in [-0.25, -0.2) is 9.97 Å². The second-order valence-electron chi connectivity index (χ2n) is 4.16. The minimum Gasteiger partial charge on any atom is -0.548 e. The van der Waals surface area contributed by atoms with Crippen molar-refractivity contribution in [2.75, 3.05) is 5.32 Å². The summed E-state index contributed by atoms with van der Waals surface area (Å²) in [7, 11) is 0. The van der Waals surface area contributed by atoms with E-state index in [1.165, 1.54) is 0 Å². The standard InChI is InChI=1S/C11H17N3O2/c1-6(2)9(10(15)16)14-11-12-7(3)5-8(4)13-11/h5-6,9H,1-4H3,(H,15,16)(H,12,13,14)/p-1/t9-/m0/s1. The van der Waals surface area contributed by atoms with E-state index in [0.29, 0.717) is 5.95 Å². The van der Waals surface area contributed by atoms with E-state index in [1.807, 2.05) is 19.9 Å². The number of rotatable bonds is 4. The largest absolute Gasteiger partial charge is 0.548 e. The molecule has 0 radical (unpaired) electrons. The van der Waals surface area contributed by atoms with Crippen LogP contribution in [0.1, 0.15) is 25.2 Å². The number of nitrogens with one attached hydrogen (secondary N) is 1. The monoisotopic (exact) mass is 222 g/mol. The molecule has 0 aliphatic heterocycles.